The van der Waals surface area contributed by atoms with Gasteiger partial charge in [0, 0.05) is 37.6 Å². The van der Waals surface area contributed by atoms with E-state index in [4.69, 9.17) is 9.47 Å². The Morgan fingerprint density at radius 1 is 0.788 bits per heavy atom. The molecule has 3 aromatic rings. The topological polar surface area (TPSA) is 24.9 Å². The monoisotopic (exact) mass is 442 g/mol. The van der Waals surface area contributed by atoms with Gasteiger partial charge in [0.05, 0.1) is 19.8 Å². The van der Waals surface area contributed by atoms with E-state index >= 15 is 0 Å². The predicted molar refractivity (Wildman–Crippen MR) is 133 cm³/mol. The summed E-state index contributed by atoms with van der Waals surface area (Å²) in [6.45, 7) is 4.14. The van der Waals surface area contributed by atoms with Gasteiger partial charge in [-0.1, -0.05) is 66.7 Å². The molecule has 0 aromatic heterocycles. The first-order chi connectivity index (χ1) is 16.3. The van der Waals surface area contributed by atoms with Crippen molar-refractivity contribution in [2.45, 2.75) is 37.4 Å². The zero-order valence-corrected chi connectivity index (χ0v) is 19.7. The van der Waals surface area contributed by atoms with Crippen LogP contribution in [0.25, 0.3) is 0 Å². The highest BCUT2D eigenvalue weighted by Crippen LogP contribution is 2.39. The van der Waals surface area contributed by atoms with Crippen LogP contribution in [0.4, 0.5) is 0 Å². The Balaban J connectivity index is 1.50. The smallest absolute Gasteiger partial charge is 0.127 e. The molecule has 0 saturated carbocycles. The molecule has 2 fully saturated rings. The van der Waals surface area contributed by atoms with Crippen molar-refractivity contribution in [2.24, 2.45) is 0 Å². The fourth-order valence-electron chi connectivity index (χ4n) is 5.92. The number of ether oxygens (including phenoxy) is 2. The van der Waals surface area contributed by atoms with Crippen molar-refractivity contribution < 1.29 is 9.47 Å². The van der Waals surface area contributed by atoms with Crippen LogP contribution in [0.1, 0.15) is 35.4 Å². The quantitative estimate of drug-likeness (QED) is 0.503. The van der Waals surface area contributed by atoms with Crippen LogP contribution < -0.4 is 9.47 Å². The summed E-state index contributed by atoms with van der Waals surface area (Å²) >= 11 is 0. The molecule has 0 bridgehead atoms. The number of benzene rings is 3. The zero-order valence-electron chi connectivity index (χ0n) is 19.7. The van der Waals surface area contributed by atoms with Crippen molar-refractivity contribution in [3.63, 3.8) is 0 Å². The molecule has 33 heavy (non-hydrogen) atoms. The molecule has 2 aliphatic heterocycles. The number of hydrogen-bond donors (Lipinski definition) is 0. The second-order valence-electron chi connectivity index (χ2n) is 9.24. The minimum absolute atomic E-state index is 0.343. The minimum Gasteiger partial charge on any atom is -0.496 e. The number of rotatable bonds is 7. The molecule has 0 radical (unpaired) electrons. The number of piperazine rings is 1. The molecule has 1 unspecified atom stereocenters. The number of fused-ring (bicyclic) bond motifs is 1. The van der Waals surface area contributed by atoms with E-state index in [1.54, 1.807) is 14.2 Å². The first kappa shape index (κ1) is 22.0. The molecule has 0 aliphatic carbocycles. The maximum atomic E-state index is 5.71. The van der Waals surface area contributed by atoms with Crippen molar-refractivity contribution >= 4 is 0 Å². The standard InChI is InChI=1S/C29H34N2O2/c1-32-27-16-9-17-28(33-2)25(27)20-30-19-24-15-10-18-31(24)26(21-30)29(22-11-5-3-6-12-22)23-13-7-4-8-14-23/h3-9,11-14,16-17,24,26,29H,10,15,18-21H2,1-2H3/t24-,26?/m0/s1. The van der Waals surface area contributed by atoms with Crippen LogP contribution in [0.15, 0.2) is 78.9 Å². The van der Waals surface area contributed by atoms with Crippen molar-refractivity contribution in [1.29, 1.82) is 0 Å². The number of nitrogens with zero attached hydrogens (tertiary/aromatic N) is 2. The van der Waals surface area contributed by atoms with E-state index in [1.807, 2.05) is 18.2 Å². The molecular formula is C29H34N2O2. The van der Waals surface area contributed by atoms with Gasteiger partial charge in [-0.3, -0.25) is 9.80 Å². The number of hydrogen-bond acceptors (Lipinski definition) is 4. The third-order valence-corrected chi connectivity index (χ3v) is 7.38. The average molecular weight is 443 g/mol. The van der Waals surface area contributed by atoms with Crippen LogP contribution >= 0.6 is 0 Å². The summed E-state index contributed by atoms with van der Waals surface area (Å²) in [7, 11) is 3.49. The fourth-order valence-corrected chi connectivity index (χ4v) is 5.92. The molecule has 0 amide bonds. The molecule has 0 N–H and O–H groups in total. The lowest BCUT2D eigenvalue weighted by atomic mass is 9.82. The Morgan fingerprint density at radius 3 is 1.97 bits per heavy atom. The van der Waals surface area contributed by atoms with Gasteiger partial charge in [-0.05, 0) is 42.6 Å². The van der Waals surface area contributed by atoms with Crippen molar-refractivity contribution in [3.8, 4) is 11.5 Å². The van der Waals surface area contributed by atoms with E-state index in [0.717, 1.165) is 36.7 Å². The van der Waals surface area contributed by atoms with Gasteiger partial charge in [0.25, 0.3) is 0 Å². The van der Waals surface area contributed by atoms with Crippen LogP contribution in [0.2, 0.25) is 0 Å². The maximum absolute atomic E-state index is 5.71. The molecule has 3 aromatic carbocycles. The van der Waals surface area contributed by atoms with Gasteiger partial charge in [-0.15, -0.1) is 0 Å². The van der Waals surface area contributed by atoms with Crippen LogP contribution in [0.3, 0.4) is 0 Å². The highest BCUT2D eigenvalue weighted by Gasteiger charge is 2.42. The van der Waals surface area contributed by atoms with E-state index < -0.39 is 0 Å². The summed E-state index contributed by atoms with van der Waals surface area (Å²) in [5.74, 6) is 2.15. The van der Waals surface area contributed by atoms with Crippen LogP contribution in [0.5, 0.6) is 11.5 Å². The summed E-state index contributed by atoms with van der Waals surface area (Å²) in [5.41, 5.74) is 3.94. The Morgan fingerprint density at radius 2 is 1.39 bits per heavy atom. The molecule has 4 heteroatoms. The van der Waals surface area contributed by atoms with Crippen LogP contribution in [-0.2, 0) is 6.54 Å². The average Bonchev–Trinajstić information content (AvgIpc) is 3.34. The van der Waals surface area contributed by atoms with E-state index in [-0.39, 0.29) is 0 Å². The molecule has 4 nitrogen and oxygen atoms in total. The lowest BCUT2D eigenvalue weighted by Crippen LogP contribution is -2.57. The summed E-state index contributed by atoms with van der Waals surface area (Å²) < 4.78 is 11.4. The Bertz CT molecular complexity index is 978. The first-order valence-corrected chi connectivity index (χ1v) is 12.1. The normalized spacial score (nSPS) is 21.2. The highest BCUT2D eigenvalue weighted by molar-refractivity contribution is 5.45. The molecule has 2 saturated heterocycles. The molecule has 172 valence electrons. The van der Waals surface area contributed by atoms with Crippen molar-refractivity contribution in [1.82, 2.24) is 9.80 Å². The third kappa shape index (κ3) is 4.50. The minimum atomic E-state index is 0.343. The zero-order chi connectivity index (χ0) is 22.6. The Labute approximate surface area is 197 Å². The van der Waals surface area contributed by atoms with Crippen LogP contribution in [-0.4, -0.2) is 55.7 Å². The van der Waals surface area contributed by atoms with Gasteiger partial charge < -0.3 is 9.47 Å². The lowest BCUT2D eigenvalue weighted by molar-refractivity contribution is 0.0377. The first-order valence-electron chi connectivity index (χ1n) is 12.1. The SMILES string of the molecule is COc1cccc(OC)c1CN1CC(C(c2ccccc2)c2ccccc2)N2CCC[C@H]2C1. The molecular weight excluding hydrogens is 408 g/mol. The summed E-state index contributed by atoms with van der Waals surface area (Å²) in [4.78, 5) is 5.41. The highest BCUT2D eigenvalue weighted by atomic mass is 16.5. The van der Waals surface area contributed by atoms with Crippen LogP contribution in [0, 0.1) is 0 Å². The van der Waals surface area contributed by atoms with Gasteiger partial charge in [-0.2, -0.15) is 0 Å². The van der Waals surface area contributed by atoms with Gasteiger partial charge >= 0.3 is 0 Å². The predicted octanol–water partition coefficient (Wildman–Crippen LogP) is 5.18. The second-order valence-corrected chi connectivity index (χ2v) is 9.24. The maximum Gasteiger partial charge on any atom is 0.127 e. The largest absolute Gasteiger partial charge is 0.496 e. The van der Waals surface area contributed by atoms with Crippen molar-refractivity contribution in [2.75, 3.05) is 33.9 Å². The van der Waals surface area contributed by atoms with E-state index in [2.05, 4.69) is 70.5 Å². The Kier molecular flexibility index (Phi) is 6.65. The van der Waals surface area contributed by atoms with E-state index in [0.29, 0.717) is 18.0 Å². The summed E-state index contributed by atoms with van der Waals surface area (Å²) in [6.07, 6.45) is 2.55. The number of methoxy groups -OCH3 is 2. The molecule has 2 heterocycles. The fraction of sp³-hybridized carbons (Fsp3) is 0.379. The summed E-state index contributed by atoms with van der Waals surface area (Å²) in [6, 6.07) is 29.2. The van der Waals surface area contributed by atoms with Crippen molar-refractivity contribution in [3.05, 3.63) is 95.6 Å². The van der Waals surface area contributed by atoms with Gasteiger partial charge in [0.2, 0.25) is 0 Å². The van der Waals surface area contributed by atoms with E-state index in [1.165, 1.54) is 30.5 Å². The Hall–Kier alpha value is -2.82. The molecule has 0 spiro atoms. The van der Waals surface area contributed by atoms with Gasteiger partial charge in [0.1, 0.15) is 11.5 Å². The third-order valence-electron chi connectivity index (χ3n) is 7.38. The molecule has 5 rings (SSSR count). The van der Waals surface area contributed by atoms with Gasteiger partial charge in [0.15, 0.2) is 0 Å². The van der Waals surface area contributed by atoms with Gasteiger partial charge in [-0.25, -0.2) is 0 Å². The second kappa shape index (κ2) is 9.98. The van der Waals surface area contributed by atoms with E-state index in [9.17, 15) is 0 Å². The molecule has 2 atom stereocenters. The lowest BCUT2D eigenvalue weighted by Gasteiger charge is -2.47. The summed E-state index contributed by atoms with van der Waals surface area (Å²) in [5, 5.41) is 0. The molecule has 2 aliphatic rings.